The van der Waals surface area contributed by atoms with Gasteiger partial charge in [-0.2, -0.15) is 0 Å². The van der Waals surface area contributed by atoms with Crippen molar-refractivity contribution in [2.45, 2.75) is 25.3 Å². The van der Waals surface area contributed by atoms with Crippen molar-refractivity contribution < 1.29 is 14.3 Å². The first-order valence-corrected chi connectivity index (χ1v) is 7.24. The molecule has 112 valence electrons. The molecular formula is C15H18N2O3S. The number of nitrogens with two attached hydrogens (primary N) is 1. The molecule has 0 saturated carbocycles. The van der Waals surface area contributed by atoms with Gasteiger partial charge in [0.1, 0.15) is 11.0 Å². The Labute approximate surface area is 129 Å². The highest BCUT2D eigenvalue weighted by atomic mass is 32.1. The molecule has 1 aromatic carbocycles. The molecule has 0 radical (unpaired) electrons. The maximum absolute atomic E-state index is 12.6. The number of carbonyl (C=O) groups is 2. The lowest BCUT2D eigenvalue weighted by molar-refractivity contribution is -0.147. The van der Waals surface area contributed by atoms with E-state index in [-0.39, 0.29) is 16.9 Å². The Hall–Kier alpha value is -1.95. The summed E-state index contributed by atoms with van der Waals surface area (Å²) in [6.45, 7) is 0.551. The van der Waals surface area contributed by atoms with Crippen molar-refractivity contribution in [2.75, 3.05) is 13.7 Å². The quantitative estimate of drug-likeness (QED) is 0.676. The van der Waals surface area contributed by atoms with Crippen LogP contribution in [0.5, 0.6) is 0 Å². The zero-order valence-corrected chi connectivity index (χ0v) is 12.7. The summed E-state index contributed by atoms with van der Waals surface area (Å²) in [7, 11) is 1.34. The fraction of sp³-hybridized carbons (Fsp3) is 0.400. The Bertz CT molecular complexity index is 574. The molecule has 1 aliphatic heterocycles. The SMILES string of the molecule is COC(=O)C1CCCCN1C(=O)c1cccc(C(N)=S)c1. The van der Waals surface area contributed by atoms with Crippen LogP contribution in [0.15, 0.2) is 24.3 Å². The standard InChI is InChI=1S/C15H18N2O3S/c1-20-15(19)12-7-2-3-8-17(12)14(18)11-6-4-5-10(9-11)13(16)21/h4-6,9,12H,2-3,7-8H2,1H3,(H2,16,21). The van der Waals surface area contributed by atoms with E-state index in [0.717, 1.165) is 12.8 Å². The minimum Gasteiger partial charge on any atom is -0.467 e. The summed E-state index contributed by atoms with van der Waals surface area (Å²) < 4.78 is 4.79. The van der Waals surface area contributed by atoms with E-state index in [0.29, 0.717) is 24.1 Å². The number of methoxy groups -OCH3 is 1. The molecule has 2 rings (SSSR count). The molecule has 5 nitrogen and oxygen atoms in total. The number of hydrogen-bond donors (Lipinski definition) is 1. The fourth-order valence-electron chi connectivity index (χ4n) is 2.53. The zero-order valence-electron chi connectivity index (χ0n) is 11.9. The number of amides is 1. The zero-order chi connectivity index (χ0) is 15.4. The van der Waals surface area contributed by atoms with E-state index in [2.05, 4.69) is 0 Å². The lowest BCUT2D eigenvalue weighted by Crippen LogP contribution is -2.48. The van der Waals surface area contributed by atoms with E-state index in [1.807, 2.05) is 0 Å². The van der Waals surface area contributed by atoms with Crippen molar-refractivity contribution in [3.05, 3.63) is 35.4 Å². The number of likely N-dealkylation sites (tertiary alicyclic amines) is 1. The number of thiocarbonyl (C=S) groups is 1. The van der Waals surface area contributed by atoms with Crippen LogP contribution in [0.3, 0.4) is 0 Å². The fourth-order valence-corrected chi connectivity index (χ4v) is 2.65. The van der Waals surface area contributed by atoms with Gasteiger partial charge in [-0.05, 0) is 31.4 Å². The van der Waals surface area contributed by atoms with E-state index in [1.165, 1.54) is 7.11 Å². The van der Waals surface area contributed by atoms with E-state index >= 15 is 0 Å². The molecule has 0 spiro atoms. The number of piperidine rings is 1. The summed E-state index contributed by atoms with van der Waals surface area (Å²) in [4.78, 5) is 26.3. The largest absolute Gasteiger partial charge is 0.467 e. The number of hydrogen-bond acceptors (Lipinski definition) is 4. The maximum atomic E-state index is 12.6. The van der Waals surface area contributed by atoms with Gasteiger partial charge in [-0.25, -0.2) is 4.79 Å². The van der Waals surface area contributed by atoms with Crippen LogP contribution < -0.4 is 5.73 Å². The summed E-state index contributed by atoms with van der Waals surface area (Å²) >= 11 is 4.93. The summed E-state index contributed by atoms with van der Waals surface area (Å²) in [5.41, 5.74) is 6.71. The van der Waals surface area contributed by atoms with Crippen molar-refractivity contribution in [2.24, 2.45) is 5.73 Å². The van der Waals surface area contributed by atoms with Gasteiger partial charge in [-0.15, -0.1) is 0 Å². The molecule has 1 fully saturated rings. The second-order valence-electron chi connectivity index (χ2n) is 4.98. The molecule has 1 unspecified atom stereocenters. The van der Waals surface area contributed by atoms with Gasteiger partial charge in [0.2, 0.25) is 0 Å². The van der Waals surface area contributed by atoms with Crippen molar-refractivity contribution >= 4 is 29.1 Å². The minimum absolute atomic E-state index is 0.191. The summed E-state index contributed by atoms with van der Waals surface area (Å²) in [6, 6.07) is 6.34. The van der Waals surface area contributed by atoms with Crippen LogP contribution in [0.1, 0.15) is 35.2 Å². The first-order chi connectivity index (χ1) is 10.0. The van der Waals surface area contributed by atoms with Crippen molar-refractivity contribution in [1.29, 1.82) is 0 Å². The van der Waals surface area contributed by atoms with Gasteiger partial charge in [-0.3, -0.25) is 4.79 Å². The second kappa shape index (κ2) is 6.67. The van der Waals surface area contributed by atoms with Gasteiger partial charge >= 0.3 is 5.97 Å². The Balaban J connectivity index is 2.26. The van der Waals surface area contributed by atoms with Crippen LogP contribution >= 0.6 is 12.2 Å². The molecule has 0 bridgehead atoms. The smallest absolute Gasteiger partial charge is 0.328 e. The van der Waals surface area contributed by atoms with Gasteiger partial charge in [0, 0.05) is 17.7 Å². The molecular weight excluding hydrogens is 288 g/mol. The van der Waals surface area contributed by atoms with Crippen molar-refractivity contribution in [1.82, 2.24) is 4.90 Å². The monoisotopic (exact) mass is 306 g/mol. The van der Waals surface area contributed by atoms with Gasteiger partial charge < -0.3 is 15.4 Å². The van der Waals surface area contributed by atoms with Crippen molar-refractivity contribution in [3.63, 3.8) is 0 Å². The summed E-state index contributed by atoms with van der Waals surface area (Å²) in [5, 5.41) is 0. The highest BCUT2D eigenvalue weighted by Crippen LogP contribution is 2.21. The molecule has 1 atom stereocenters. The van der Waals surface area contributed by atoms with E-state index in [9.17, 15) is 9.59 Å². The molecule has 6 heteroatoms. The van der Waals surface area contributed by atoms with E-state index < -0.39 is 6.04 Å². The third-order valence-electron chi connectivity index (χ3n) is 3.63. The summed E-state index contributed by atoms with van der Waals surface area (Å²) in [5.74, 6) is -0.559. The molecule has 1 aromatic rings. The third kappa shape index (κ3) is 3.39. The minimum atomic E-state index is -0.510. The molecule has 1 amide bonds. The molecule has 1 aliphatic rings. The Morgan fingerprint density at radius 2 is 2.05 bits per heavy atom. The number of rotatable bonds is 3. The average Bonchev–Trinajstić information content (AvgIpc) is 2.53. The molecule has 1 saturated heterocycles. The third-order valence-corrected chi connectivity index (χ3v) is 3.87. The lowest BCUT2D eigenvalue weighted by Gasteiger charge is -2.33. The van der Waals surface area contributed by atoms with Crippen molar-refractivity contribution in [3.8, 4) is 0 Å². The van der Waals surface area contributed by atoms with Crippen LogP contribution in [0.4, 0.5) is 0 Å². The predicted octanol–water partition coefficient (Wildman–Crippen LogP) is 1.49. The van der Waals surface area contributed by atoms with Crippen LogP contribution in [0.2, 0.25) is 0 Å². The first kappa shape index (κ1) is 15.4. The van der Waals surface area contributed by atoms with Crippen LogP contribution in [0, 0.1) is 0 Å². The Morgan fingerprint density at radius 1 is 1.33 bits per heavy atom. The predicted molar refractivity (Wildman–Crippen MR) is 83.0 cm³/mol. The molecule has 2 N–H and O–H groups in total. The normalized spacial score (nSPS) is 18.1. The number of esters is 1. The van der Waals surface area contributed by atoms with Crippen LogP contribution in [-0.2, 0) is 9.53 Å². The van der Waals surface area contributed by atoms with Gasteiger partial charge in [0.25, 0.3) is 5.91 Å². The molecule has 0 aromatic heterocycles. The van der Waals surface area contributed by atoms with Crippen LogP contribution in [-0.4, -0.2) is 41.5 Å². The molecule has 21 heavy (non-hydrogen) atoms. The number of nitrogens with zero attached hydrogens (tertiary/aromatic N) is 1. The average molecular weight is 306 g/mol. The topological polar surface area (TPSA) is 72.6 Å². The summed E-state index contributed by atoms with van der Waals surface area (Å²) in [6.07, 6.45) is 2.43. The highest BCUT2D eigenvalue weighted by molar-refractivity contribution is 7.80. The Morgan fingerprint density at radius 3 is 2.71 bits per heavy atom. The molecule has 0 aliphatic carbocycles. The maximum Gasteiger partial charge on any atom is 0.328 e. The van der Waals surface area contributed by atoms with Gasteiger partial charge in [-0.1, -0.05) is 24.4 Å². The lowest BCUT2D eigenvalue weighted by atomic mass is 10.0. The Kier molecular flexibility index (Phi) is 4.90. The highest BCUT2D eigenvalue weighted by Gasteiger charge is 2.33. The van der Waals surface area contributed by atoms with E-state index in [1.54, 1.807) is 29.2 Å². The van der Waals surface area contributed by atoms with Gasteiger partial charge in [0.05, 0.1) is 7.11 Å². The van der Waals surface area contributed by atoms with Crippen LogP contribution in [0.25, 0.3) is 0 Å². The molecule has 1 heterocycles. The number of carbonyl (C=O) groups excluding carboxylic acids is 2. The first-order valence-electron chi connectivity index (χ1n) is 6.83. The van der Waals surface area contributed by atoms with E-state index in [4.69, 9.17) is 22.7 Å². The number of benzene rings is 1. The second-order valence-corrected chi connectivity index (χ2v) is 5.42. The number of ether oxygens (including phenoxy) is 1. The van der Waals surface area contributed by atoms with Gasteiger partial charge in [0.15, 0.2) is 0 Å².